The summed E-state index contributed by atoms with van der Waals surface area (Å²) in [5, 5.41) is 11.1. The summed E-state index contributed by atoms with van der Waals surface area (Å²) in [6, 6.07) is 4.06. The van der Waals surface area contributed by atoms with E-state index < -0.39 is 16.3 Å². The molecule has 0 unspecified atom stereocenters. The van der Waals surface area contributed by atoms with Crippen molar-refractivity contribution in [2.75, 3.05) is 25.6 Å². The maximum Gasteiger partial charge on any atom is 0.338 e. The lowest BCUT2D eigenvalue weighted by Gasteiger charge is -2.16. The third-order valence-corrected chi connectivity index (χ3v) is 3.06. The SMILES string of the molecule is CN(C)c1ccc(C(=O)OCC(=O)C(C)(C)C)cc1[N+](=O)[O-]. The van der Waals surface area contributed by atoms with Gasteiger partial charge in [0, 0.05) is 25.6 Å². The Hall–Kier alpha value is -2.44. The number of Topliss-reactive ketones (excluding diaryl/α,β-unsaturated/α-hetero) is 1. The number of carbonyl (C=O) groups excluding carboxylic acids is 2. The average Bonchev–Trinajstić information content (AvgIpc) is 2.42. The van der Waals surface area contributed by atoms with Gasteiger partial charge in [-0.1, -0.05) is 20.8 Å². The molecule has 0 radical (unpaired) electrons. The quantitative estimate of drug-likeness (QED) is 0.471. The lowest BCUT2D eigenvalue weighted by atomic mass is 9.91. The van der Waals surface area contributed by atoms with Crippen LogP contribution >= 0.6 is 0 Å². The maximum atomic E-state index is 11.9. The van der Waals surface area contributed by atoms with E-state index in [0.717, 1.165) is 6.07 Å². The first-order valence-corrected chi connectivity index (χ1v) is 6.70. The van der Waals surface area contributed by atoms with Gasteiger partial charge in [0.1, 0.15) is 5.69 Å². The highest BCUT2D eigenvalue weighted by Crippen LogP contribution is 2.28. The molecule has 0 amide bonds. The van der Waals surface area contributed by atoms with Crippen molar-refractivity contribution in [1.29, 1.82) is 0 Å². The van der Waals surface area contributed by atoms with Gasteiger partial charge in [-0.2, -0.15) is 0 Å². The van der Waals surface area contributed by atoms with Crippen LogP contribution in [0.4, 0.5) is 11.4 Å². The second-order valence-electron chi connectivity index (χ2n) is 6.10. The fourth-order valence-corrected chi connectivity index (χ4v) is 1.61. The number of nitro groups is 1. The molecule has 0 aromatic heterocycles. The van der Waals surface area contributed by atoms with Gasteiger partial charge in [0.05, 0.1) is 10.5 Å². The molecule has 0 aliphatic carbocycles. The summed E-state index contributed by atoms with van der Waals surface area (Å²) < 4.78 is 4.93. The van der Waals surface area contributed by atoms with E-state index in [4.69, 9.17) is 4.74 Å². The first-order chi connectivity index (χ1) is 10.0. The molecule has 0 aliphatic heterocycles. The Morgan fingerprint density at radius 1 is 1.27 bits per heavy atom. The van der Waals surface area contributed by atoms with Crippen molar-refractivity contribution in [3.8, 4) is 0 Å². The molecule has 0 heterocycles. The number of anilines is 1. The summed E-state index contributed by atoms with van der Waals surface area (Å²) in [5.41, 5.74) is -0.381. The van der Waals surface area contributed by atoms with Gasteiger partial charge in [0.2, 0.25) is 0 Å². The van der Waals surface area contributed by atoms with E-state index in [1.165, 1.54) is 12.1 Å². The van der Waals surface area contributed by atoms with Crippen LogP contribution in [-0.4, -0.2) is 37.4 Å². The van der Waals surface area contributed by atoms with Crippen LogP contribution in [0.2, 0.25) is 0 Å². The number of benzene rings is 1. The largest absolute Gasteiger partial charge is 0.454 e. The normalized spacial score (nSPS) is 11.0. The molecular formula is C15H20N2O5. The number of nitro benzene ring substituents is 1. The first-order valence-electron chi connectivity index (χ1n) is 6.70. The van der Waals surface area contributed by atoms with Crippen molar-refractivity contribution in [2.45, 2.75) is 20.8 Å². The predicted molar refractivity (Wildman–Crippen MR) is 82.2 cm³/mol. The molecule has 7 nitrogen and oxygen atoms in total. The van der Waals surface area contributed by atoms with Gasteiger partial charge in [-0.15, -0.1) is 0 Å². The van der Waals surface area contributed by atoms with E-state index in [2.05, 4.69) is 0 Å². The number of hydrogen-bond donors (Lipinski definition) is 0. The lowest BCUT2D eigenvalue weighted by Crippen LogP contribution is -2.26. The molecule has 1 aromatic carbocycles. The summed E-state index contributed by atoms with van der Waals surface area (Å²) in [7, 11) is 3.34. The molecule has 0 saturated heterocycles. The fraction of sp³-hybridized carbons (Fsp3) is 0.467. The van der Waals surface area contributed by atoms with Crippen LogP contribution in [0, 0.1) is 15.5 Å². The summed E-state index contributed by atoms with van der Waals surface area (Å²) in [4.78, 5) is 35.7. The van der Waals surface area contributed by atoms with Crippen LogP contribution in [0.15, 0.2) is 18.2 Å². The Balaban J connectivity index is 2.94. The van der Waals surface area contributed by atoms with Crippen molar-refractivity contribution in [2.24, 2.45) is 5.41 Å². The van der Waals surface area contributed by atoms with Gasteiger partial charge in [0.15, 0.2) is 12.4 Å². The zero-order chi connectivity index (χ0) is 17.1. The van der Waals surface area contributed by atoms with Crippen LogP contribution in [0.1, 0.15) is 31.1 Å². The van der Waals surface area contributed by atoms with E-state index >= 15 is 0 Å². The molecule has 0 fully saturated rings. The number of esters is 1. The Morgan fingerprint density at radius 2 is 1.86 bits per heavy atom. The summed E-state index contributed by atoms with van der Waals surface area (Å²) in [5.74, 6) is -0.980. The van der Waals surface area contributed by atoms with Crippen LogP contribution in [0.3, 0.4) is 0 Å². The van der Waals surface area contributed by atoms with Gasteiger partial charge in [0.25, 0.3) is 5.69 Å². The van der Waals surface area contributed by atoms with E-state index in [9.17, 15) is 19.7 Å². The van der Waals surface area contributed by atoms with Gasteiger partial charge in [-0.25, -0.2) is 4.79 Å². The Bertz CT molecular complexity index is 602. The Morgan fingerprint density at radius 3 is 2.32 bits per heavy atom. The molecule has 120 valence electrons. The smallest absolute Gasteiger partial charge is 0.338 e. The van der Waals surface area contributed by atoms with E-state index in [-0.39, 0.29) is 23.6 Å². The Kier molecular flexibility index (Phi) is 5.24. The molecule has 0 bridgehead atoms. The second kappa shape index (κ2) is 6.55. The first kappa shape index (κ1) is 17.6. The third kappa shape index (κ3) is 4.28. The molecule has 1 aromatic rings. The minimum Gasteiger partial charge on any atom is -0.454 e. The topological polar surface area (TPSA) is 89.8 Å². The highest BCUT2D eigenvalue weighted by molar-refractivity contribution is 5.94. The monoisotopic (exact) mass is 308 g/mol. The zero-order valence-corrected chi connectivity index (χ0v) is 13.4. The minimum absolute atomic E-state index is 0.0407. The highest BCUT2D eigenvalue weighted by Gasteiger charge is 2.24. The summed E-state index contributed by atoms with van der Waals surface area (Å²) in [6.07, 6.45) is 0. The van der Waals surface area contributed by atoms with Crippen molar-refractivity contribution >= 4 is 23.1 Å². The van der Waals surface area contributed by atoms with Crippen molar-refractivity contribution in [3.63, 3.8) is 0 Å². The minimum atomic E-state index is -0.758. The molecular weight excluding hydrogens is 288 g/mol. The van der Waals surface area contributed by atoms with E-state index in [1.54, 1.807) is 39.8 Å². The molecule has 22 heavy (non-hydrogen) atoms. The number of hydrogen-bond acceptors (Lipinski definition) is 6. The van der Waals surface area contributed by atoms with Crippen molar-refractivity contribution in [1.82, 2.24) is 0 Å². The summed E-state index contributed by atoms with van der Waals surface area (Å²) in [6.45, 7) is 4.81. The maximum absolute atomic E-state index is 11.9. The third-order valence-electron chi connectivity index (χ3n) is 3.06. The number of ether oxygens (including phenoxy) is 1. The predicted octanol–water partition coefficient (Wildman–Crippen LogP) is 2.43. The van der Waals surface area contributed by atoms with E-state index in [1.807, 2.05) is 0 Å². The van der Waals surface area contributed by atoms with Crippen LogP contribution in [0.25, 0.3) is 0 Å². The molecule has 0 aliphatic rings. The number of ketones is 1. The van der Waals surface area contributed by atoms with E-state index in [0.29, 0.717) is 5.69 Å². The average molecular weight is 308 g/mol. The standard InChI is InChI=1S/C15H20N2O5/c1-15(2,3)13(18)9-22-14(19)10-6-7-11(16(4)5)12(8-10)17(20)21/h6-8H,9H2,1-5H3. The summed E-state index contributed by atoms with van der Waals surface area (Å²) >= 11 is 0. The van der Waals surface area contributed by atoms with Crippen molar-refractivity contribution < 1.29 is 19.2 Å². The molecule has 1 rings (SSSR count). The molecule has 0 spiro atoms. The van der Waals surface area contributed by atoms with Crippen LogP contribution < -0.4 is 4.90 Å². The van der Waals surface area contributed by atoms with Crippen molar-refractivity contribution in [3.05, 3.63) is 33.9 Å². The highest BCUT2D eigenvalue weighted by atomic mass is 16.6. The second-order valence-corrected chi connectivity index (χ2v) is 6.10. The molecule has 0 atom stereocenters. The Labute approximate surface area is 129 Å². The number of rotatable bonds is 5. The number of carbonyl (C=O) groups is 2. The fourth-order valence-electron chi connectivity index (χ4n) is 1.61. The molecule has 7 heteroatoms. The van der Waals surface area contributed by atoms with Gasteiger partial charge >= 0.3 is 5.97 Å². The zero-order valence-electron chi connectivity index (χ0n) is 13.4. The van der Waals surface area contributed by atoms with Crippen LogP contribution in [0.5, 0.6) is 0 Å². The van der Waals surface area contributed by atoms with Gasteiger partial charge in [-0.3, -0.25) is 14.9 Å². The van der Waals surface area contributed by atoms with Gasteiger partial charge < -0.3 is 9.64 Å². The number of nitrogens with zero attached hydrogens (tertiary/aromatic N) is 2. The molecule has 0 N–H and O–H groups in total. The molecule has 0 saturated carbocycles. The lowest BCUT2D eigenvalue weighted by molar-refractivity contribution is -0.384. The van der Waals surface area contributed by atoms with Gasteiger partial charge in [-0.05, 0) is 12.1 Å². The van der Waals surface area contributed by atoms with Crippen LogP contribution in [-0.2, 0) is 9.53 Å².